The summed E-state index contributed by atoms with van der Waals surface area (Å²) in [5, 5.41) is 2.20. The van der Waals surface area contributed by atoms with E-state index in [0.29, 0.717) is 23.8 Å². The summed E-state index contributed by atoms with van der Waals surface area (Å²) < 4.78 is 48.3. The zero-order valence-corrected chi connectivity index (χ0v) is 14.1. The van der Waals surface area contributed by atoms with E-state index in [1.54, 1.807) is 18.2 Å². The lowest BCUT2D eigenvalue weighted by Crippen LogP contribution is -2.21. The summed E-state index contributed by atoms with van der Waals surface area (Å²) in [5.74, 6) is 0.514. The Balaban J connectivity index is 2.07. The molecule has 6 nitrogen and oxygen atoms in total. The van der Waals surface area contributed by atoms with Crippen LogP contribution in [-0.2, 0) is 17.4 Å². The molecule has 0 bridgehead atoms. The van der Waals surface area contributed by atoms with Gasteiger partial charge in [-0.05, 0) is 30.2 Å². The second-order valence-corrected chi connectivity index (χ2v) is 5.40. The summed E-state index contributed by atoms with van der Waals surface area (Å²) >= 11 is 0. The van der Waals surface area contributed by atoms with Crippen LogP contribution in [-0.4, -0.2) is 25.1 Å². The number of amides is 1. The van der Waals surface area contributed by atoms with Gasteiger partial charge in [0.2, 0.25) is 5.91 Å². The highest BCUT2D eigenvalue weighted by atomic mass is 19.4. The number of aryl methyl sites for hydroxylation is 1. The Morgan fingerprint density at radius 2 is 1.73 bits per heavy atom. The molecule has 9 heteroatoms. The summed E-state index contributed by atoms with van der Waals surface area (Å²) in [5.41, 5.74) is -1.57. The zero-order chi connectivity index (χ0) is 19.3. The molecule has 2 N–H and O–H groups in total. The first-order valence-electron chi connectivity index (χ1n) is 7.54. The van der Waals surface area contributed by atoms with E-state index in [9.17, 15) is 22.8 Å². The van der Waals surface area contributed by atoms with Crippen LogP contribution < -0.4 is 20.3 Å². The largest absolute Gasteiger partial charge is 0.497 e. The average Bonchev–Trinajstić information content (AvgIpc) is 2.60. The first-order valence-corrected chi connectivity index (χ1v) is 7.54. The Labute approximate surface area is 146 Å². The van der Waals surface area contributed by atoms with Gasteiger partial charge in [0, 0.05) is 18.7 Å². The van der Waals surface area contributed by atoms with Crippen molar-refractivity contribution in [3.8, 4) is 11.5 Å². The molecule has 0 atom stereocenters. The lowest BCUT2D eigenvalue weighted by atomic mass is 10.1. The molecular weight excluding hydrogens is 353 g/mol. The van der Waals surface area contributed by atoms with E-state index in [1.807, 2.05) is 4.98 Å². The molecule has 0 radical (unpaired) electrons. The van der Waals surface area contributed by atoms with E-state index in [-0.39, 0.29) is 12.8 Å². The van der Waals surface area contributed by atoms with Gasteiger partial charge in [0.25, 0.3) is 5.56 Å². The van der Waals surface area contributed by atoms with E-state index in [1.165, 1.54) is 14.2 Å². The van der Waals surface area contributed by atoms with Gasteiger partial charge >= 0.3 is 6.18 Å². The highest BCUT2D eigenvalue weighted by molar-refractivity contribution is 5.90. The fourth-order valence-corrected chi connectivity index (χ4v) is 2.22. The molecule has 1 heterocycles. The van der Waals surface area contributed by atoms with E-state index >= 15 is 0 Å². The van der Waals surface area contributed by atoms with Crippen molar-refractivity contribution < 1.29 is 27.4 Å². The molecule has 0 unspecified atom stereocenters. The number of ether oxygens (including phenoxy) is 2. The topological polar surface area (TPSA) is 80.4 Å². The number of hydrogen-bond acceptors (Lipinski definition) is 4. The van der Waals surface area contributed by atoms with E-state index < -0.39 is 28.9 Å². The van der Waals surface area contributed by atoms with Crippen LogP contribution in [0.25, 0.3) is 0 Å². The summed E-state index contributed by atoms with van der Waals surface area (Å²) in [6.07, 6.45) is -3.82. The number of carbonyl (C=O) groups is 1. The Hall–Kier alpha value is -2.97. The fourth-order valence-electron chi connectivity index (χ4n) is 2.22. The van der Waals surface area contributed by atoms with Crippen LogP contribution in [0.2, 0.25) is 0 Å². The first kappa shape index (κ1) is 19.4. The van der Waals surface area contributed by atoms with Crippen molar-refractivity contribution >= 4 is 11.6 Å². The molecule has 2 aromatic rings. The molecule has 0 spiro atoms. The van der Waals surface area contributed by atoms with Gasteiger partial charge in [-0.15, -0.1) is 0 Å². The summed E-state index contributed by atoms with van der Waals surface area (Å²) in [7, 11) is 2.98. The first-order chi connectivity index (χ1) is 12.2. The van der Waals surface area contributed by atoms with Gasteiger partial charge in [0.05, 0.1) is 19.8 Å². The summed E-state index contributed by atoms with van der Waals surface area (Å²) in [6, 6.07) is 5.71. The SMILES string of the molecule is COc1cc(CCC(=O)Nc2cc(C(F)(F)F)c[nH]c2=O)cc(OC)c1. The third-order valence-corrected chi connectivity index (χ3v) is 3.56. The molecule has 140 valence electrons. The van der Waals surface area contributed by atoms with Crippen LogP contribution in [0, 0.1) is 0 Å². The average molecular weight is 370 g/mol. The molecule has 26 heavy (non-hydrogen) atoms. The van der Waals surface area contributed by atoms with Gasteiger partial charge in [-0.3, -0.25) is 9.59 Å². The van der Waals surface area contributed by atoms with Crippen LogP contribution in [0.4, 0.5) is 18.9 Å². The maximum atomic E-state index is 12.7. The van der Waals surface area contributed by atoms with Crippen LogP contribution in [0.5, 0.6) is 11.5 Å². The molecule has 0 aliphatic rings. The summed E-state index contributed by atoms with van der Waals surface area (Å²) in [6.45, 7) is 0. The second kappa shape index (κ2) is 7.94. The number of aromatic nitrogens is 1. The number of H-pyrrole nitrogens is 1. The van der Waals surface area contributed by atoms with Crippen molar-refractivity contribution in [1.29, 1.82) is 0 Å². The lowest BCUT2D eigenvalue weighted by molar-refractivity contribution is -0.137. The molecule has 0 saturated carbocycles. The van der Waals surface area contributed by atoms with Gasteiger partial charge in [0.1, 0.15) is 17.2 Å². The number of anilines is 1. The zero-order valence-electron chi connectivity index (χ0n) is 14.1. The maximum absolute atomic E-state index is 12.7. The number of aromatic amines is 1. The van der Waals surface area contributed by atoms with Crippen molar-refractivity contribution in [2.75, 3.05) is 19.5 Å². The van der Waals surface area contributed by atoms with Gasteiger partial charge in [-0.25, -0.2) is 0 Å². The van der Waals surface area contributed by atoms with Crippen molar-refractivity contribution in [3.05, 3.63) is 51.9 Å². The number of alkyl halides is 3. The number of nitrogens with one attached hydrogen (secondary N) is 2. The molecule has 0 aliphatic carbocycles. The number of benzene rings is 1. The monoisotopic (exact) mass is 370 g/mol. The van der Waals surface area contributed by atoms with E-state index in [4.69, 9.17) is 9.47 Å². The second-order valence-electron chi connectivity index (χ2n) is 5.40. The maximum Gasteiger partial charge on any atom is 0.417 e. The van der Waals surface area contributed by atoms with Crippen molar-refractivity contribution in [2.24, 2.45) is 0 Å². The summed E-state index contributed by atoms with van der Waals surface area (Å²) in [4.78, 5) is 25.6. The number of halogens is 3. The van der Waals surface area contributed by atoms with Crippen molar-refractivity contribution in [3.63, 3.8) is 0 Å². The molecule has 1 aromatic heterocycles. The normalized spacial score (nSPS) is 11.1. The molecule has 1 amide bonds. The number of methoxy groups -OCH3 is 2. The molecule has 0 aliphatic heterocycles. The van der Waals surface area contributed by atoms with Crippen LogP contribution >= 0.6 is 0 Å². The predicted octanol–water partition coefficient (Wildman–Crippen LogP) is 2.98. The molecule has 0 saturated heterocycles. The Bertz CT molecular complexity index is 824. The smallest absolute Gasteiger partial charge is 0.417 e. The number of hydrogen-bond donors (Lipinski definition) is 2. The lowest BCUT2D eigenvalue weighted by Gasteiger charge is -2.10. The third kappa shape index (κ3) is 5.01. The molecule has 1 aromatic carbocycles. The Kier molecular flexibility index (Phi) is 5.91. The quantitative estimate of drug-likeness (QED) is 0.819. The van der Waals surface area contributed by atoms with Gasteiger partial charge in [0.15, 0.2) is 0 Å². The minimum absolute atomic E-state index is 0.0357. The van der Waals surface area contributed by atoms with Crippen molar-refractivity contribution in [1.82, 2.24) is 4.98 Å². The third-order valence-electron chi connectivity index (χ3n) is 3.56. The van der Waals surface area contributed by atoms with E-state index in [0.717, 1.165) is 5.56 Å². The highest BCUT2D eigenvalue weighted by Crippen LogP contribution is 2.29. The van der Waals surface area contributed by atoms with Gasteiger partial charge in [-0.1, -0.05) is 0 Å². The Morgan fingerprint density at radius 3 is 2.27 bits per heavy atom. The predicted molar refractivity (Wildman–Crippen MR) is 88.6 cm³/mol. The van der Waals surface area contributed by atoms with E-state index in [2.05, 4.69) is 5.32 Å². The van der Waals surface area contributed by atoms with Crippen LogP contribution in [0.1, 0.15) is 17.5 Å². The molecule has 2 rings (SSSR count). The minimum Gasteiger partial charge on any atom is -0.497 e. The van der Waals surface area contributed by atoms with Crippen LogP contribution in [0.15, 0.2) is 35.3 Å². The molecule has 0 fully saturated rings. The standard InChI is InChI=1S/C17H17F3N2O4/c1-25-12-5-10(6-13(8-12)26-2)3-4-15(23)22-14-7-11(17(18,19)20)9-21-16(14)24/h5-9H,3-4H2,1-2H3,(H,21,24)(H,22,23). The Morgan fingerprint density at radius 1 is 1.12 bits per heavy atom. The van der Waals surface area contributed by atoms with Crippen molar-refractivity contribution in [2.45, 2.75) is 19.0 Å². The van der Waals surface area contributed by atoms with Crippen LogP contribution in [0.3, 0.4) is 0 Å². The molecular formula is C17H17F3N2O4. The minimum atomic E-state index is -4.62. The van der Waals surface area contributed by atoms with Gasteiger partial charge < -0.3 is 19.8 Å². The fraction of sp³-hybridized carbons (Fsp3) is 0.294. The van der Waals surface area contributed by atoms with Gasteiger partial charge in [-0.2, -0.15) is 13.2 Å². The highest BCUT2D eigenvalue weighted by Gasteiger charge is 2.31. The number of pyridine rings is 1. The number of carbonyl (C=O) groups excluding carboxylic acids is 1. The number of rotatable bonds is 6.